The van der Waals surface area contributed by atoms with Crippen LogP contribution in [0.3, 0.4) is 0 Å². The first-order valence-corrected chi connectivity index (χ1v) is 10.9. The average molecular weight is 422 g/mol. The monoisotopic (exact) mass is 421 g/mol. The number of piperidine rings is 1. The van der Waals surface area contributed by atoms with Gasteiger partial charge in [0.05, 0.1) is 12.8 Å². The van der Waals surface area contributed by atoms with E-state index in [-0.39, 0.29) is 18.5 Å². The normalized spacial score (nSPS) is 20.0. The third kappa shape index (κ3) is 5.92. The summed E-state index contributed by atoms with van der Waals surface area (Å²) in [4.78, 5) is 21.1. The number of benzene rings is 1. The number of hydrogen-bond donors (Lipinski definition) is 2. The van der Waals surface area contributed by atoms with Crippen molar-refractivity contribution in [2.45, 2.75) is 38.6 Å². The van der Waals surface area contributed by atoms with Crippen molar-refractivity contribution in [1.29, 1.82) is 0 Å². The summed E-state index contributed by atoms with van der Waals surface area (Å²) < 4.78 is 5.49. The van der Waals surface area contributed by atoms with E-state index >= 15 is 0 Å². The summed E-state index contributed by atoms with van der Waals surface area (Å²) in [5.74, 6) is 1.63. The number of nitrogens with zero attached hydrogens (tertiary/aromatic N) is 3. The number of rotatable bonds is 6. The van der Waals surface area contributed by atoms with Crippen molar-refractivity contribution in [3.63, 3.8) is 0 Å². The number of hydrogen-bond acceptors (Lipinski definition) is 4. The van der Waals surface area contributed by atoms with Gasteiger partial charge < -0.3 is 25.2 Å². The maximum absolute atomic E-state index is 12.4. The third-order valence-electron chi connectivity index (χ3n) is 5.44. The molecule has 2 aliphatic heterocycles. The van der Waals surface area contributed by atoms with E-state index in [9.17, 15) is 4.79 Å². The molecule has 8 heteroatoms. The SMILES string of the molecule is CCNC(=NCC(=O)N1CCCCC1)NC1CCN(c2cc(Cl)ccc2OC)C1. The molecule has 2 N–H and O–H groups in total. The lowest BCUT2D eigenvalue weighted by atomic mass is 10.1. The second kappa shape index (κ2) is 10.6. The Kier molecular flexibility index (Phi) is 7.86. The molecule has 1 aromatic carbocycles. The predicted molar refractivity (Wildman–Crippen MR) is 118 cm³/mol. The van der Waals surface area contributed by atoms with Gasteiger partial charge in [0.2, 0.25) is 5.91 Å². The molecule has 0 bridgehead atoms. The number of carbonyl (C=O) groups is 1. The van der Waals surface area contributed by atoms with Gasteiger partial charge in [0.15, 0.2) is 5.96 Å². The summed E-state index contributed by atoms with van der Waals surface area (Å²) in [5, 5.41) is 7.44. The van der Waals surface area contributed by atoms with Gasteiger partial charge in [-0.05, 0) is 50.8 Å². The van der Waals surface area contributed by atoms with Gasteiger partial charge in [-0.3, -0.25) is 4.79 Å². The molecule has 2 fully saturated rings. The number of aliphatic imine (C=N–C) groups is 1. The molecule has 0 spiro atoms. The lowest BCUT2D eigenvalue weighted by Crippen LogP contribution is -2.45. The second-order valence-electron chi connectivity index (χ2n) is 7.53. The van der Waals surface area contributed by atoms with E-state index < -0.39 is 0 Å². The van der Waals surface area contributed by atoms with Crippen LogP contribution in [0.15, 0.2) is 23.2 Å². The fourth-order valence-corrected chi connectivity index (χ4v) is 4.08. The van der Waals surface area contributed by atoms with E-state index in [0.29, 0.717) is 11.0 Å². The van der Waals surface area contributed by atoms with Gasteiger partial charge in [-0.1, -0.05) is 11.6 Å². The van der Waals surface area contributed by atoms with Crippen molar-refractivity contribution >= 4 is 29.2 Å². The van der Waals surface area contributed by atoms with Gasteiger partial charge >= 0.3 is 0 Å². The molecular formula is C21H32ClN5O2. The number of anilines is 1. The summed E-state index contributed by atoms with van der Waals surface area (Å²) in [6, 6.07) is 5.92. The predicted octanol–water partition coefficient (Wildman–Crippen LogP) is 2.49. The first-order valence-electron chi connectivity index (χ1n) is 10.5. The highest BCUT2D eigenvalue weighted by Gasteiger charge is 2.26. The summed E-state index contributed by atoms with van der Waals surface area (Å²) in [6.07, 6.45) is 4.38. The van der Waals surface area contributed by atoms with Crippen LogP contribution in [0.4, 0.5) is 5.69 Å². The van der Waals surface area contributed by atoms with Crippen molar-refractivity contribution in [1.82, 2.24) is 15.5 Å². The van der Waals surface area contributed by atoms with Gasteiger partial charge in [-0.25, -0.2) is 4.99 Å². The first kappa shape index (κ1) is 21.6. The number of carbonyl (C=O) groups excluding carboxylic acids is 1. The minimum atomic E-state index is 0.110. The highest BCUT2D eigenvalue weighted by atomic mass is 35.5. The molecule has 2 saturated heterocycles. The zero-order chi connectivity index (χ0) is 20.6. The van der Waals surface area contributed by atoms with E-state index in [2.05, 4.69) is 20.5 Å². The molecule has 160 valence electrons. The fraction of sp³-hybridized carbons (Fsp3) is 0.619. The standard InChI is InChI=1S/C21H32ClN5O2/c1-3-23-21(24-14-20(28)26-10-5-4-6-11-26)25-17-9-12-27(15-17)18-13-16(22)7-8-19(18)29-2/h7-8,13,17H,3-6,9-12,14-15H2,1-2H3,(H2,23,24,25). The van der Waals surface area contributed by atoms with Crippen LogP contribution in [0.1, 0.15) is 32.6 Å². The molecular weight excluding hydrogens is 390 g/mol. The maximum Gasteiger partial charge on any atom is 0.244 e. The Morgan fingerprint density at radius 3 is 2.79 bits per heavy atom. The van der Waals surface area contributed by atoms with Gasteiger partial charge in [0, 0.05) is 43.8 Å². The Hall–Kier alpha value is -2.15. The molecule has 0 radical (unpaired) electrons. The largest absolute Gasteiger partial charge is 0.495 e. The molecule has 29 heavy (non-hydrogen) atoms. The highest BCUT2D eigenvalue weighted by Crippen LogP contribution is 2.33. The van der Waals surface area contributed by atoms with Gasteiger partial charge in [0.25, 0.3) is 0 Å². The Morgan fingerprint density at radius 1 is 1.28 bits per heavy atom. The molecule has 3 rings (SSSR count). The van der Waals surface area contributed by atoms with E-state index in [1.807, 2.05) is 30.0 Å². The number of halogens is 1. The van der Waals surface area contributed by atoms with Crippen molar-refractivity contribution in [2.24, 2.45) is 4.99 Å². The van der Waals surface area contributed by atoms with Crippen LogP contribution >= 0.6 is 11.6 Å². The molecule has 0 aromatic heterocycles. The number of likely N-dealkylation sites (tertiary alicyclic amines) is 1. The number of nitrogens with one attached hydrogen (secondary N) is 2. The van der Waals surface area contributed by atoms with E-state index in [4.69, 9.17) is 16.3 Å². The van der Waals surface area contributed by atoms with Crippen LogP contribution in [-0.4, -0.2) is 69.2 Å². The Labute approximate surface area is 178 Å². The first-order chi connectivity index (χ1) is 14.1. The summed E-state index contributed by atoms with van der Waals surface area (Å²) in [7, 11) is 1.67. The molecule has 2 heterocycles. The topological polar surface area (TPSA) is 69.2 Å². The van der Waals surface area contributed by atoms with Gasteiger partial charge in [-0.15, -0.1) is 0 Å². The average Bonchev–Trinajstić information content (AvgIpc) is 3.21. The van der Waals surface area contributed by atoms with E-state index in [0.717, 1.165) is 63.4 Å². The smallest absolute Gasteiger partial charge is 0.244 e. The van der Waals surface area contributed by atoms with E-state index in [1.54, 1.807) is 7.11 Å². The van der Waals surface area contributed by atoms with Crippen molar-refractivity contribution < 1.29 is 9.53 Å². The van der Waals surface area contributed by atoms with Gasteiger partial charge in [0.1, 0.15) is 12.3 Å². The van der Waals surface area contributed by atoms with Gasteiger partial charge in [-0.2, -0.15) is 0 Å². The second-order valence-corrected chi connectivity index (χ2v) is 7.97. The number of methoxy groups -OCH3 is 1. The lowest BCUT2D eigenvalue weighted by Gasteiger charge is -2.26. The van der Waals surface area contributed by atoms with Crippen LogP contribution in [0.2, 0.25) is 5.02 Å². The van der Waals surface area contributed by atoms with Crippen molar-refractivity contribution in [3.8, 4) is 5.75 Å². The highest BCUT2D eigenvalue weighted by molar-refractivity contribution is 6.30. The van der Waals surface area contributed by atoms with Crippen molar-refractivity contribution in [3.05, 3.63) is 23.2 Å². The third-order valence-corrected chi connectivity index (χ3v) is 5.67. The van der Waals surface area contributed by atoms with Crippen LogP contribution in [0.25, 0.3) is 0 Å². The summed E-state index contributed by atoms with van der Waals surface area (Å²) in [5.41, 5.74) is 1.01. The maximum atomic E-state index is 12.4. The summed E-state index contributed by atoms with van der Waals surface area (Å²) in [6.45, 7) is 6.41. The lowest BCUT2D eigenvalue weighted by molar-refractivity contribution is -0.130. The van der Waals surface area contributed by atoms with Crippen LogP contribution in [0.5, 0.6) is 5.75 Å². The molecule has 2 aliphatic rings. The molecule has 1 amide bonds. The molecule has 1 aromatic rings. The molecule has 7 nitrogen and oxygen atoms in total. The van der Waals surface area contributed by atoms with Crippen LogP contribution in [-0.2, 0) is 4.79 Å². The minimum Gasteiger partial charge on any atom is -0.495 e. The minimum absolute atomic E-state index is 0.110. The Bertz CT molecular complexity index is 721. The molecule has 1 unspecified atom stereocenters. The zero-order valence-electron chi connectivity index (χ0n) is 17.4. The van der Waals surface area contributed by atoms with Crippen LogP contribution in [0, 0.1) is 0 Å². The number of ether oxygens (including phenoxy) is 1. The molecule has 0 aliphatic carbocycles. The van der Waals surface area contributed by atoms with Crippen molar-refractivity contribution in [2.75, 3.05) is 51.3 Å². The summed E-state index contributed by atoms with van der Waals surface area (Å²) >= 11 is 6.19. The zero-order valence-corrected chi connectivity index (χ0v) is 18.2. The fourth-order valence-electron chi connectivity index (χ4n) is 3.91. The number of amides is 1. The Morgan fingerprint density at radius 2 is 2.07 bits per heavy atom. The van der Waals surface area contributed by atoms with Crippen LogP contribution < -0.4 is 20.3 Å². The molecule has 0 saturated carbocycles. The quantitative estimate of drug-likeness (QED) is 0.545. The van der Waals surface area contributed by atoms with E-state index in [1.165, 1.54) is 6.42 Å². The Balaban J connectivity index is 1.58. The molecule has 1 atom stereocenters. The number of guanidine groups is 1.